The molecule has 5 heteroatoms. The Bertz CT molecular complexity index is 271. The van der Waals surface area contributed by atoms with Crippen molar-refractivity contribution in [2.24, 2.45) is 5.41 Å². The second kappa shape index (κ2) is 6.50. The SMILES string of the molecule is CC1(C(=O)NCCCN2CCOCC2)CCNC1. The van der Waals surface area contributed by atoms with Gasteiger partial charge < -0.3 is 15.4 Å². The smallest absolute Gasteiger partial charge is 0.227 e. The lowest BCUT2D eigenvalue weighted by atomic mass is 9.89. The molecular formula is C13H25N3O2. The van der Waals surface area contributed by atoms with E-state index in [4.69, 9.17) is 4.74 Å². The number of amides is 1. The Labute approximate surface area is 109 Å². The highest BCUT2D eigenvalue weighted by molar-refractivity contribution is 5.82. The highest BCUT2D eigenvalue weighted by Gasteiger charge is 2.35. The number of hydrogen-bond donors (Lipinski definition) is 2. The second-order valence-corrected chi connectivity index (χ2v) is 5.55. The first kappa shape index (κ1) is 13.8. The van der Waals surface area contributed by atoms with Crippen molar-refractivity contribution in [1.82, 2.24) is 15.5 Å². The predicted molar refractivity (Wildman–Crippen MR) is 70.5 cm³/mol. The third kappa shape index (κ3) is 3.67. The molecule has 2 rings (SSSR count). The summed E-state index contributed by atoms with van der Waals surface area (Å²) in [6, 6.07) is 0. The van der Waals surface area contributed by atoms with Crippen LogP contribution >= 0.6 is 0 Å². The molecule has 0 saturated carbocycles. The number of rotatable bonds is 5. The van der Waals surface area contributed by atoms with Crippen LogP contribution in [0.4, 0.5) is 0 Å². The molecule has 5 nitrogen and oxygen atoms in total. The van der Waals surface area contributed by atoms with Crippen LogP contribution in [0.15, 0.2) is 0 Å². The average molecular weight is 255 g/mol. The first-order valence-corrected chi connectivity index (χ1v) is 7.00. The van der Waals surface area contributed by atoms with Crippen LogP contribution < -0.4 is 10.6 Å². The molecule has 2 fully saturated rings. The van der Waals surface area contributed by atoms with Crippen molar-refractivity contribution in [3.05, 3.63) is 0 Å². The Morgan fingerprint density at radius 3 is 2.89 bits per heavy atom. The van der Waals surface area contributed by atoms with Crippen LogP contribution in [-0.4, -0.2) is 63.3 Å². The van der Waals surface area contributed by atoms with E-state index in [0.717, 1.165) is 65.3 Å². The van der Waals surface area contributed by atoms with E-state index >= 15 is 0 Å². The Kier molecular flexibility index (Phi) is 4.97. The summed E-state index contributed by atoms with van der Waals surface area (Å²) in [7, 11) is 0. The third-order valence-corrected chi connectivity index (χ3v) is 3.96. The van der Waals surface area contributed by atoms with Crippen molar-refractivity contribution in [2.75, 3.05) is 52.5 Å². The summed E-state index contributed by atoms with van der Waals surface area (Å²) in [4.78, 5) is 14.4. The molecule has 0 aromatic carbocycles. The Morgan fingerprint density at radius 1 is 1.44 bits per heavy atom. The molecular weight excluding hydrogens is 230 g/mol. The van der Waals surface area contributed by atoms with Gasteiger partial charge in [-0.05, 0) is 32.9 Å². The van der Waals surface area contributed by atoms with Crippen LogP contribution in [-0.2, 0) is 9.53 Å². The van der Waals surface area contributed by atoms with Crippen molar-refractivity contribution in [3.63, 3.8) is 0 Å². The lowest BCUT2D eigenvalue weighted by Gasteiger charge is -2.27. The maximum absolute atomic E-state index is 12.0. The molecule has 0 bridgehead atoms. The molecule has 0 spiro atoms. The standard InChI is InChI=1S/C13H25N3O2/c1-13(3-5-14-11-13)12(17)15-4-2-6-16-7-9-18-10-8-16/h14H,2-11H2,1H3,(H,15,17). The molecule has 1 amide bonds. The molecule has 0 aromatic rings. The molecule has 18 heavy (non-hydrogen) atoms. The van der Waals surface area contributed by atoms with Gasteiger partial charge in [0.15, 0.2) is 0 Å². The number of ether oxygens (including phenoxy) is 1. The molecule has 104 valence electrons. The maximum atomic E-state index is 12.0. The summed E-state index contributed by atoms with van der Waals surface area (Å²) in [6.07, 6.45) is 1.97. The zero-order chi connectivity index (χ0) is 12.8. The first-order valence-electron chi connectivity index (χ1n) is 7.00. The summed E-state index contributed by atoms with van der Waals surface area (Å²) < 4.78 is 5.31. The second-order valence-electron chi connectivity index (χ2n) is 5.55. The molecule has 1 atom stereocenters. The van der Waals surface area contributed by atoms with E-state index in [9.17, 15) is 4.79 Å². The van der Waals surface area contributed by atoms with E-state index in [0.29, 0.717) is 0 Å². The van der Waals surface area contributed by atoms with Crippen LogP contribution in [0.3, 0.4) is 0 Å². The van der Waals surface area contributed by atoms with E-state index in [1.165, 1.54) is 0 Å². The molecule has 2 aliphatic heterocycles. The van der Waals surface area contributed by atoms with E-state index in [2.05, 4.69) is 15.5 Å². The summed E-state index contributed by atoms with van der Waals surface area (Å²) in [5, 5.41) is 6.32. The number of carbonyl (C=O) groups is 1. The third-order valence-electron chi connectivity index (χ3n) is 3.96. The molecule has 1 unspecified atom stereocenters. The van der Waals surface area contributed by atoms with Crippen molar-refractivity contribution < 1.29 is 9.53 Å². The van der Waals surface area contributed by atoms with Gasteiger partial charge in [-0.2, -0.15) is 0 Å². The van der Waals surface area contributed by atoms with E-state index in [-0.39, 0.29) is 11.3 Å². The van der Waals surface area contributed by atoms with E-state index < -0.39 is 0 Å². The summed E-state index contributed by atoms with van der Waals surface area (Å²) in [5.74, 6) is 0.203. The fourth-order valence-corrected chi connectivity index (χ4v) is 2.55. The molecule has 0 aliphatic carbocycles. The van der Waals surface area contributed by atoms with Gasteiger partial charge in [-0.3, -0.25) is 9.69 Å². The quantitative estimate of drug-likeness (QED) is 0.670. The van der Waals surface area contributed by atoms with Crippen molar-refractivity contribution in [2.45, 2.75) is 19.8 Å². The molecule has 0 radical (unpaired) electrons. The van der Waals surface area contributed by atoms with Crippen molar-refractivity contribution in [1.29, 1.82) is 0 Å². The van der Waals surface area contributed by atoms with E-state index in [1.54, 1.807) is 0 Å². The van der Waals surface area contributed by atoms with Crippen LogP contribution in [0.2, 0.25) is 0 Å². The van der Waals surface area contributed by atoms with Gasteiger partial charge in [0.05, 0.1) is 18.6 Å². The highest BCUT2D eigenvalue weighted by atomic mass is 16.5. The van der Waals surface area contributed by atoms with Gasteiger partial charge in [-0.15, -0.1) is 0 Å². The fourth-order valence-electron chi connectivity index (χ4n) is 2.55. The zero-order valence-corrected chi connectivity index (χ0v) is 11.3. The van der Waals surface area contributed by atoms with Crippen LogP contribution in [0.1, 0.15) is 19.8 Å². The van der Waals surface area contributed by atoms with Gasteiger partial charge in [0, 0.05) is 26.2 Å². The lowest BCUT2D eigenvalue weighted by Crippen LogP contribution is -2.42. The topological polar surface area (TPSA) is 53.6 Å². The number of nitrogens with zero attached hydrogens (tertiary/aromatic N) is 1. The number of hydrogen-bond acceptors (Lipinski definition) is 4. The van der Waals surface area contributed by atoms with E-state index in [1.807, 2.05) is 6.92 Å². The monoisotopic (exact) mass is 255 g/mol. The molecule has 2 saturated heterocycles. The largest absolute Gasteiger partial charge is 0.379 e. The Morgan fingerprint density at radius 2 is 2.22 bits per heavy atom. The lowest BCUT2D eigenvalue weighted by molar-refractivity contribution is -0.129. The number of nitrogens with one attached hydrogen (secondary N) is 2. The molecule has 0 aromatic heterocycles. The average Bonchev–Trinajstić information content (AvgIpc) is 2.84. The van der Waals surface area contributed by atoms with Gasteiger partial charge in [0.25, 0.3) is 0 Å². The minimum absolute atomic E-state index is 0.195. The van der Waals surface area contributed by atoms with Gasteiger partial charge in [-0.1, -0.05) is 0 Å². The van der Waals surface area contributed by atoms with Crippen molar-refractivity contribution >= 4 is 5.91 Å². The predicted octanol–water partition coefficient (Wildman–Crippen LogP) is -0.175. The summed E-state index contributed by atoms with van der Waals surface area (Å²) >= 11 is 0. The van der Waals surface area contributed by atoms with Gasteiger partial charge in [-0.25, -0.2) is 0 Å². The molecule has 2 heterocycles. The van der Waals surface area contributed by atoms with Crippen LogP contribution in [0.25, 0.3) is 0 Å². The highest BCUT2D eigenvalue weighted by Crippen LogP contribution is 2.24. The minimum atomic E-state index is -0.195. The zero-order valence-electron chi connectivity index (χ0n) is 11.3. The first-order chi connectivity index (χ1) is 8.71. The normalized spacial score (nSPS) is 29.4. The Hall–Kier alpha value is -0.650. The molecule has 2 aliphatic rings. The van der Waals surface area contributed by atoms with Crippen molar-refractivity contribution in [3.8, 4) is 0 Å². The van der Waals surface area contributed by atoms with Gasteiger partial charge in [0.1, 0.15) is 0 Å². The maximum Gasteiger partial charge on any atom is 0.227 e. The summed E-state index contributed by atoms with van der Waals surface area (Å²) in [5.41, 5.74) is -0.195. The number of carbonyl (C=O) groups excluding carboxylic acids is 1. The fraction of sp³-hybridized carbons (Fsp3) is 0.923. The van der Waals surface area contributed by atoms with Gasteiger partial charge in [0.2, 0.25) is 5.91 Å². The molecule has 2 N–H and O–H groups in total. The van der Waals surface area contributed by atoms with Gasteiger partial charge >= 0.3 is 0 Å². The van der Waals surface area contributed by atoms with Crippen LogP contribution in [0, 0.1) is 5.41 Å². The Balaban J connectivity index is 1.58. The summed E-state index contributed by atoms with van der Waals surface area (Å²) in [6.45, 7) is 9.38. The number of morpholine rings is 1. The minimum Gasteiger partial charge on any atom is -0.379 e. The van der Waals surface area contributed by atoms with Crippen LogP contribution in [0.5, 0.6) is 0 Å².